The maximum atomic E-state index is 13.3. The van der Waals surface area contributed by atoms with Crippen LogP contribution < -0.4 is 5.06 Å². The Morgan fingerprint density at radius 1 is 0.615 bits per heavy atom. The number of anilines is 1. The van der Waals surface area contributed by atoms with E-state index in [1.54, 1.807) is 0 Å². The lowest BCUT2D eigenvalue weighted by Crippen LogP contribution is -2.37. The molecule has 4 aromatic carbocycles. The minimum absolute atomic E-state index is 0.514. The normalized spacial score (nSPS) is 11.8. The van der Waals surface area contributed by atoms with Gasteiger partial charge in [0.2, 0.25) is 0 Å². The van der Waals surface area contributed by atoms with Gasteiger partial charge < -0.3 is 0 Å². The largest absolute Gasteiger partial charge is 0.214 e. The van der Waals surface area contributed by atoms with E-state index in [1.165, 1.54) is 11.1 Å². The second kappa shape index (κ2) is 6.15. The first kappa shape index (κ1) is 16.6. The summed E-state index contributed by atoms with van der Waals surface area (Å²) >= 11 is 0. The van der Waals surface area contributed by atoms with Crippen LogP contribution in [0.15, 0.2) is 78.9 Å². The lowest BCUT2D eigenvalue weighted by atomic mass is 9.90. The van der Waals surface area contributed by atoms with E-state index in [2.05, 4.69) is 48.5 Å². The summed E-state index contributed by atoms with van der Waals surface area (Å²) in [7, 11) is 0. The van der Waals surface area contributed by atoms with Crippen molar-refractivity contribution in [2.24, 2.45) is 0 Å². The van der Waals surface area contributed by atoms with E-state index in [0.29, 0.717) is 0 Å². The van der Waals surface area contributed by atoms with Crippen LogP contribution in [0, 0.1) is 0 Å². The van der Waals surface area contributed by atoms with Gasteiger partial charge in [-0.1, -0.05) is 84.1 Å². The summed E-state index contributed by atoms with van der Waals surface area (Å²) < 4.78 is 0. The van der Waals surface area contributed by atoms with Crippen LogP contribution in [0.4, 0.5) is 5.69 Å². The second-order valence-corrected chi connectivity index (χ2v) is 7.65. The van der Waals surface area contributed by atoms with Crippen molar-refractivity contribution in [2.45, 2.75) is 26.3 Å². The molecule has 129 valence electrons. The molecule has 0 aliphatic rings. The highest BCUT2D eigenvalue weighted by atomic mass is 16.5. The van der Waals surface area contributed by atoms with Gasteiger partial charge in [-0.2, -0.15) is 0 Å². The zero-order valence-corrected chi connectivity index (χ0v) is 15.4. The first-order valence-corrected chi connectivity index (χ1v) is 8.95. The highest BCUT2D eigenvalue weighted by Gasteiger charge is 2.26. The molecule has 4 aromatic rings. The SMILES string of the molecule is CC(C)(C)N([O])c1c2ccccc2c(-c2ccccc2)c2ccccc12. The highest BCUT2D eigenvalue weighted by Crippen LogP contribution is 2.44. The molecule has 2 nitrogen and oxygen atoms in total. The molecular formula is C24H22NO. The molecule has 2 heteroatoms. The molecule has 0 aliphatic heterocycles. The summed E-state index contributed by atoms with van der Waals surface area (Å²) in [6.45, 7) is 5.86. The Hall–Kier alpha value is -2.84. The van der Waals surface area contributed by atoms with Crippen LogP contribution in [0.2, 0.25) is 0 Å². The summed E-state index contributed by atoms with van der Waals surface area (Å²) in [5.41, 5.74) is 2.59. The van der Waals surface area contributed by atoms with E-state index in [1.807, 2.05) is 51.1 Å². The molecule has 0 N–H and O–H groups in total. The molecule has 4 rings (SSSR count). The van der Waals surface area contributed by atoms with Gasteiger partial charge in [0.05, 0.1) is 11.2 Å². The Morgan fingerprint density at radius 2 is 1.04 bits per heavy atom. The molecule has 0 aromatic heterocycles. The molecule has 1 radical (unpaired) electrons. The van der Waals surface area contributed by atoms with Gasteiger partial charge in [-0.3, -0.25) is 0 Å². The lowest BCUT2D eigenvalue weighted by molar-refractivity contribution is 0.104. The van der Waals surface area contributed by atoms with Crippen molar-refractivity contribution >= 4 is 27.2 Å². The molecular weight excluding hydrogens is 318 g/mol. The van der Waals surface area contributed by atoms with Gasteiger partial charge in [-0.05, 0) is 42.7 Å². The Kier molecular flexibility index (Phi) is 3.93. The molecule has 0 atom stereocenters. The van der Waals surface area contributed by atoms with Crippen LogP contribution in [0.1, 0.15) is 20.8 Å². The number of fused-ring (bicyclic) bond motifs is 2. The van der Waals surface area contributed by atoms with Crippen molar-refractivity contribution in [1.29, 1.82) is 0 Å². The minimum Gasteiger partial charge on any atom is -0.214 e. The van der Waals surface area contributed by atoms with Crippen LogP contribution >= 0.6 is 0 Å². The average molecular weight is 340 g/mol. The van der Waals surface area contributed by atoms with E-state index in [0.717, 1.165) is 32.3 Å². The third-order valence-electron chi connectivity index (χ3n) is 4.78. The van der Waals surface area contributed by atoms with Gasteiger partial charge in [0.1, 0.15) is 0 Å². The van der Waals surface area contributed by atoms with Crippen LogP contribution in [0.25, 0.3) is 32.7 Å². The molecule has 0 unspecified atom stereocenters. The molecule has 0 amide bonds. The van der Waals surface area contributed by atoms with Gasteiger partial charge in [-0.15, -0.1) is 0 Å². The highest BCUT2D eigenvalue weighted by molar-refractivity contribution is 6.20. The Bertz CT molecular complexity index is 1020. The van der Waals surface area contributed by atoms with Crippen molar-refractivity contribution < 1.29 is 5.21 Å². The van der Waals surface area contributed by atoms with E-state index >= 15 is 0 Å². The predicted octanol–water partition coefficient (Wildman–Crippen LogP) is 6.61. The zero-order valence-electron chi connectivity index (χ0n) is 15.4. The van der Waals surface area contributed by atoms with Gasteiger partial charge in [0.25, 0.3) is 0 Å². The fourth-order valence-corrected chi connectivity index (χ4v) is 3.58. The van der Waals surface area contributed by atoms with Crippen molar-refractivity contribution in [2.75, 3.05) is 5.06 Å². The fraction of sp³-hybridized carbons (Fsp3) is 0.167. The molecule has 26 heavy (non-hydrogen) atoms. The Balaban J connectivity index is 2.21. The van der Waals surface area contributed by atoms with Crippen LogP contribution in [-0.4, -0.2) is 5.54 Å². The third-order valence-corrected chi connectivity index (χ3v) is 4.78. The number of rotatable bonds is 2. The number of hydroxylamine groups is 1. The summed E-state index contributed by atoms with van der Waals surface area (Å²) in [5.74, 6) is 0. The summed E-state index contributed by atoms with van der Waals surface area (Å²) in [6.07, 6.45) is 0. The molecule has 0 aliphatic carbocycles. The summed E-state index contributed by atoms with van der Waals surface area (Å²) in [5, 5.41) is 18.6. The molecule has 0 bridgehead atoms. The van der Waals surface area contributed by atoms with Crippen molar-refractivity contribution in [3.05, 3.63) is 78.9 Å². The van der Waals surface area contributed by atoms with E-state index in [4.69, 9.17) is 0 Å². The van der Waals surface area contributed by atoms with Crippen molar-refractivity contribution in [3.8, 4) is 11.1 Å². The van der Waals surface area contributed by atoms with Gasteiger partial charge in [0.15, 0.2) is 0 Å². The van der Waals surface area contributed by atoms with E-state index < -0.39 is 5.54 Å². The number of hydrogen-bond acceptors (Lipinski definition) is 1. The summed E-state index contributed by atoms with van der Waals surface area (Å²) in [6, 6.07) is 26.8. The van der Waals surface area contributed by atoms with Gasteiger partial charge in [-0.25, -0.2) is 5.06 Å². The zero-order chi connectivity index (χ0) is 18.3. The Labute approximate surface area is 154 Å². The molecule has 0 spiro atoms. The van der Waals surface area contributed by atoms with Crippen molar-refractivity contribution in [3.63, 3.8) is 0 Å². The molecule has 0 saturated heterocycles. The number of benzene rings is 4. The standard InChI is InChI=1S/C24H22NO/c1-24(2,3)25(26)23-20-15-9-7-13-18(20)22(17-11-5-4-6-12-17)19-14-8-10-16-21(19)23/h4-16H,1-3H3. The molecule has 0 heterocycles. The van der Waals surface area contributed by atoms with Crippen LogP contribution in [-0.2, 0) is 5.21 Å². The summed E-state index contributed by atoms with van der Waals surface area (Å²) in [4.78, 5) is 0. The lowest BCUT2D eigenvalue weighted by Gasteiger charge is -2.31. The maximum Gasteiger partial charge on any atom is 0.0831 e. The van der Waals surface area contributed by atoms with Crippen molar-refractivity contribution in [1.82, 2.24) is 0 Å². The quantitative estimate of drug-likeness (QED) is 0.297. The third kappa shape index (κ3) is 2.63. The van der Waals surface area contributed by atoms with Gasteiger partial charge >= 0.3 is 0 Å². The Morgan fingerprint density at radius 3 is 1.50 bits per heavy atom. The number of hydrogen-bond donors (Lipinski definition) is 0. The first-order valence-electron chi connectivity index (χ1n) is 8.95. The topological polar surface area (TPSA) is 23.1 Å². The fourth-order valence-electron chi connectivity index (χ4n) is 3.58. The average Bonchev–Trinajstić information content (AvgIpc) is 2.65. The van der Waals surface area contributed by atoms with E-state index in [9.17, 15) is 5.21 Å². The minimum atomic E-state index is -0.514. The molecule has 0 saturated carbocycles. The second-order valence-electron chi connectivity index (χ2n) is 7.65. The van der Waals surface area contributed by atoms with Crippen LogP contribution in [0.3, 0.4) is 0 Å². The number of nitrogens with zero attached hydrogens (tertiary/aromatic N) is 1. The van der Waals surface area contributed by atoms with E-state index in [-0.39, 0.29) is 0 Å². The maximum absolute atomic E-state index is 13.3. The molecule has 0 fully saturated rings. The predicted molar refractivity (Wildman–Crippen MR) is 110 cm³/mol. The monoisotopic (exact) mass is 340 g/mol. The smallest absolute Gasteiger partial charge is 0.0831 e. The van der Waals surface area contributed by atoms with Crippen LogP contribution in [0.5, 0.6) is 0 Å². The first-order chi connectivity index (χ1) is 12.5. The van der Waals surface area contributed by atoms with Gasteiger partial charge in [0, 0.05) is 10.8 Å².